The second kappa shape index (κ2) is 8.10. The minimum atomic E-state index is -0.477. The molecule has 0 aliphatic carbocycles. The van der Waals surface area contributed by atoms with E-state index in [-0.39, 0.29) is 0 Å². The zero-order chi connectivity index (χ0) is 20.4. The molecule has 4 aromatic rings. The third-order valence-corrected chi connectivity index (χ3v) is 5.33. The van der Waals surface area contributed by atoms with Crippen molar-refractivity contribution in [1.82, 2.24) is 4.98 Å². The SMILES string of the molecule is N#CC(=CNc1cc(Cl)cc(Cl)c1)c1nc(-c2cc3ccccc3oc2=O)cs1. The standard InChI is InChI=1S/C21H11Cl2N3O2S/c22-14-6-15(23)8-16(7-14)25-10-13(9-24)20-26-18(11-29-20)17-5-12-3-1-2-4-19(12)28-21(17)27/h1-8,10-11,25H. The number of allylic oxidation sites excluding steroid dienone is 1. The topological polar surface area (TPSA) is 78.9 Å². The first kappa shape index (κ1) is 19.2. The molecule has 2 heterocycles. The summed E-state index contributed by atoms with van der Waals surface area (Å²) in [6.07, 6.45) is 1.52. The van der Waals surface area contributed by atoms with E-state index in [1.165, 1.54) is 17.5 Å². The number of anilines is 1. The van der Waals surface area contributed by atoms with Gasteiger partial charge in [0.05, 0.1) is 11.3 Å². The van der Waals surface area contributed by atoms with Gasteiger partial charge >= 0.3 is 5.63 Å². The van der Waals surface area contributed by atoms with Gasteiger partial charge in [0.1, 0.15) is 22.2 Å². The van der Waals surface area contributed by atoms with Crippen LogP contribution in [0, 0.1) is 11.3 Å². The average Bonchev–Trinajstić information content (AvgIpc) is 3.17. The minimum Gasteiger partial charge on any atom is -0.422 e. The Bertz CT molecular complexity index is 1330. The number of nitrogens with one attached hydrogen (secondary N) is 1. The highest BCUT2D eigenvalue weighted by Gasteiger charge is 2.13. The number of nitrogens with zero attached hydrogens (tertiary/aromatic N) is 2. The molecule has 29 heavy (non-hydrogen) atoms. The monoisotopic (exact) mass is 439 g/mol. The number of aromatic nitrogens is 1. The summed E-state index contributed by atoms with van der Waals surface area (Å²) in [5, 5.41) is 16.5. The number of rotatable bonds is 4. The molecule has 0 radical (unpaired) electrons. The molecular formula is C21H11Cl2N3O2S. The lowest BCUT2D eigenvalue weighted by molar-refractivity contribution is 0.563. The largest absolute Gasteiger partial charge is 0.422 e. The van der Waals surface area contributed by atoms with Crippen molar-refractivity contribution in [3.8, 4) is 17.3 Å². The minimum absolute atomic E-state index is 0.308. The van der Waals surface area contributed by atoms with Crippen LogP contribution in [0.25, 0.3) is 27.8 Å². The molecule has 0 aliphatic heterocycles. The van der Waals surface area contributed by atoms with Crippen molar-refractivity contribution in [2.75, 3.05) is 5.32 Å². The number of hydrogen-bond acceptors (Lipinski definition) is 6. The van der Waals surface area contributed by atoms with Crippen LogP contribution in [0.2, 0.25) is 10.0 Å². The van der Waals surface area contributed by atoms with Crippen molar-refractivity contribution >= 4 is 56.8 Å². The van der Waals surface area contributed by atoms with Crippen LogP contribution < -0.4 is 10.9 Å². The maximum Gasteiger partial charge on any atom is 0.345 e. The van der Waals surface area contributed by atoms with E-state index in [1.54, 1.807) is 41.8 Å². The molecule has 0 bridgehead atoms. The van der Waals surface area contributed by atoms with Gasteiger partial charge in [0.25, 0.3) is 0 Å². The van der Waals surface area contributed by atoms with Crippen molar-refractivity contribution in [3.63, 3.8) is 0 Å². The molecule has 0 saturated heterocycles. The Morgan fingerprint density at radius 3 is 2.69 bits per heavy atom. The fraction of sp³-hybridized carbons (Fsp3) is 0. The van der Waals surface area contributed by atoms with Crippen LogP contribution in [0.3, 0.4) is 0 Å². The molecule has 0 spiro atoms. The lowest BCUT2D eigenvalue weighted by atomic mass is 10.1. The summed E-state index contributed by atoms with van der Waals surface area (Å²) in [7, 11) is 0. The van der Waals surface area contributed by atoms with Gasteiger partial charge in [-0.15, -0.1) is 11.3 Å². The van der Waals surface area contributed by atoms with E-state index in [0.29, 0.717) is 43.2 Å². The van der Waals surface area contributed by atoms with Gasteiger partial charge in [0.2, 0.25) is 0 Å². The van der Waals surface area contributed by atoms with Crippen LogP contribution in [0.1, 0.15) is 5.01 Å². The fourth-order valence-corrected chi connectivity index (χ4v) is 4.01. The van der Waals surface area contributed by atoms with E-state index >= 15 is 0 Å². The summed E-state index contributed by atoms with van der Waals surface area (Å²) in [5.74, 6) is 0. The summed E-state index contributed by atoms with van der Waals surface area (Å²) < 4.78 is 5.36. The predicted molar refractivity (Wildman–Crippen MR) is 117 cm³/mol. The van der Waals surface area contributed by atoms with Gasteiger partial charge in [0.15, 0.2) is 0 Å². The summed E-state index contributed by atoms with van der Waals surface area (Å²) in [5.41, 5.74) is 1.78. The summed E-state index contributed by atoms with van der Waals surface area (Å²) in [6, 6.07) is 16.1. The van der Waals surface area contributed by atoms with E-state index < -0.39 is 5.63 Å². The Balaban J connectivity index is 1.66. The fourth-order valence-electron chi connectivity index (χ4n) is 2.70. The lowest BCUT2D eigenvalue weighted by Gasteiger charge is -2.03. The number of halogens is 2. The van der Waals surface area contributed by atoms with E-state index in [9.17, 15) is 10.1 Å². The van der Waals surface area contributed by atoms with Crippen LogP contribution in [0.4, 0.5) is 5.69 Å². The maximum absolute atomic E-state index is 12.3. The maximum atomic E-state index is 12.3. The molecule has 0 atom stereocenters. The summed E-state index contributed by atoms with van der Waals surface area (Å²) >= 11 is 13.2. The van der Waals surface area contributed by atoms with Crippen LogP contribution in [0.5, 0.6) is 0 Å². The molecule has 8 heteroatoms. The van der Waals surface area contributed by atoms with E-state index in [1.807, 2.05) is 12.1 Å². The van der Waals surface area contributed by atoms with Gasteiger partial charge in [0, 0.05) is 32.7 Å². The van der Waals surface area contributed by atoms with Crippen molar-refractivity contribution in [3.05, 3.63) is 85.6 Å². The van der Waals surface area contributed by atoms with E-state index in [0.717, 1.165) is 5.39 Å². The quantitative estimate of drug-likeness (QED) is 0.302. The predicted octanol–water partition coefficient (Wildman–Crippen LogP) is 6.20. The first-order chi connectivity index (χ1) is 14.0. The van der Waals surface area contributed by atoms with Gasteiger partial charge < -0.3 is 9.73 Å². The van der Waals surface area contributed by atoms with Crippen molar-refractivity contribution in [2.45, 2.75) is 0 Å². The Kier molecular flexibility index (Phi) is 5.36. The molecule has 0 fully saturated rings. The van der Waals surface area contributed by atoms with E-state index in [2.05, 4.69) is 16.4 Å². The van der Waals surface area contributed by atoms with Crippen LogP contribution in [-0.4, -0.2) is 4.98 Å². The molecule has 4 rings (SSSR count). The zero-order valence-electron chi connectivity index (χ0n) is 14.6. The van der Waals surface area contributed by atoms with Gasteiger partial charge in [-0.25, -0.2) is 9.78 Å². The van der Waals surface area contributed by atoms with Gasteiger partial charge in [-0.2, -0.15) is 5.26 Å². The van der Waals surface area contributed by atoms with Crippen LogP contribution in [-0.2, 0) is 0 Å². The normalized spacial score (nSPS) is 11.4. The van der Waals surface area contributed by atoms with Gasteiger partial charge in [-0.3, -0.25) is 0 Å². The number of benzene rings is 2. The summed E-state index contributed by atoms with van der Waals surface area (Å²) in [6.45, 7) is 0. The second-order valence-corrected chi connectivity index (χ2v) is 7.73. The molecule has 2 aromatic heterocycles. The molecule has 142 valence electrons. The highest BCUT2D eigenvalue weighted by atomic mass is 35.5. The third-order valence-electron chi connectivity index (χ3n) is 4.02. The number of thiazole rings is 1. The Morgan fingerprint density at radius 1 is 1.17 bits per heavy atom. The van der Waals surface area contributed by atoms with Crippen molar-refractivity contribution in [1.29, 1.82) is 5.26 Å². The van der Waals surface area contributed by atoms with Crippen molar-refractivity contribution < 1.29 is 4.42 Å². The molecule has 5 nitrogen and oxygen atoms in total. The number of fused-ring (bicyclic) bond motifs is 1. The van der Waals surface area contributed by atoms with Crippen LogP contribution in [0.15, 0.2) is 69.3 Å². The average molecular weight is 440 g/mol. The molecule has 2 aromatic carbocycles. The molecule has 0 amide bonds. The molecular weight excluding hydrogens is 429 g/mol. The Morgan fingerprint density at radius 2 is 1.93 bits per heavy atom. The highest BCUT2D eigenvalue weighted by Crippen LogP contribution is 2.27. The van der Waals surface area contributed by atoms with E-state index in [4.69, 9.17) is 27.6 Å². The molecule has 1 N–H and O–H groups in total. The first-order valence-electron chi connectivity index (χ1n) is 8.35. The van der Waals surface area contributed by atoms with Gasteiger partial charge in [-0.05, 0) is 30.3 Å². The Labute approximate surface area is 179 Å². The van der Waals surface area contributed by atoms with Crippen molar-refractivity contribution in [2.24, 2.45) is 0 Å². The molecule has 0 aliphatic rings. The van der Waals surface area contributed by atoms with Crippen LogP contribution >= 0.6 is 34.5 Å². The van der Waals surface area contributed by atoms with Gasteiger partial charge in [-0.1, -0.05) is 41.4 Å². The highest BCUT2D eigenvalue weighted by molar-refractivity contribution is 7.11. The lowest BCUT2D eigenvalue weighted by Crippen LogP contribution is -2.02. The first-order valence-corrected chi connectivity index (χ1v) is 9.99. The smallest absolute Gasteiger partial charge is 0.345 e. The number of nitriles is 1. The molecule has 0 saturated carbocycles. The number of para-hydroxylation sites is 1. The second-order valence-electron chi connectivity index (χ2n) is 6.00. The number of hydrogen-bond donors (Lipinski definition) is 1. The summed E-state index contributed by atoms with van der Waals surface area (Å²) in [4.78, 5) is 16.8. The molecule has 0 unspecified atom stereocenters. The Hall–Kier alpha value is -3.11. The zero-order valence-corrected chi connectivity index (χ0v) is 17.0. The third kappa shape index (κ3) is 4.17.